The third-order valence-corrected chi connectivity index (χ3v) is 3.39. The van der Waals surface area contributed by atoms with E-state index in [1.165, 1.54) is 13.8 Å². The number of hydrogen-bond donors (Lipinski definition) is 3. The van der Waals surface area contributed by atoms with E-state index in [4.69, 9.17) is 10.8 Å². The lowest BCUT2D eigenvalue weighted by molar-refractivity contribution is -0.137. The number of nitrogens with two attached hydrogens (primary N) is 1. The molecule has 5 nitrogen and oxygen atoms in total. The monoisotopic (exact) mass is 271 g/mol. The zero-order chi connectivity index (χ0) is 12.4. The van der Waals surface area contributed by atoms with Crippen LogP contribution in [0, 0.1) is 0 Å². The average molecular weight is 271 g/mol. The molecule has 0 radical (unpaired) electrons. The van der Waals surface area contributed by atoms with Crippen molar-refractivity contribution in [2.75, 3.05) is 5.75 Å². The van der Waals surface area contributed by atoms with Gasteiger partial charge in [0, 0.05) is 19.6 Å². The van der Waals surface area contributed by atoms with Crippen molar-refractivity contribution in [3.05, 3.63) is 0 Å². The number of carbonyl (C=O) groups excluding carboxylic acids is 2. The van der Waals surface area contributed by atoms with Gasteiger partial charge in [0.1, 0.15) is 6.04 Å². The molecule has 0 aliphatic carbocycles. The Morgan fingerprint density at radius 1 is 1.27 bits per heavy atom. The van der Waals surface area contributed by atoms with E-state index >= 15 is 0 Å². The highest BCUT2D eigenvalue weighted by Crippen LogP contribution is 2.21. The number of hydrogen-bond acceptors (Lipinski definition) is 7. The van der Waals surface area contributed by atoms with Crippen LogP contribution in [-0.2, 0) is 14.4 Å². The summed E-state index contributed by atoms with van der Waals surface area (Å²) in [6.45, 7) is 2.86. The zero-order valence-electron chi connectivity index (χ0n) is 8.30. The van der Waals surface area contributed by atoms with E-state index in [0.29, 0.717) is 0 Å². The summed E-state index contributed by atoms with van der Waals surface area (Å²) in [5, 5.41) is 7.93. The topological polar surface area (TPSA) is 97.5 Å². The molecule has 0 bridgehead atoms. The number of carboxylic acid groups (broad SMARTS) is 1. The first kappa shape index (κ1) is 17.2. The Kier molecular flexibility index (Phi) is 11.9. The molecule has 0 heterocycles. The van der Waals surface area contributed by atoms with Gasteiger partial charge in [-0.25, -0.2) is 0 Å². The molecule has 1 atom stereocenters. The maximum Gasteiger partial charge on any atom is 0.321 e. The summed E-state index contributed by atoms with van der Waals surface area (Å²) in [4.78, 5) is 30.0. The molecule has 0 aromatic heterocycles. The highest BCUT2D eigenvalue weighted by atomic mass is 33.1. The fourth-order valence-electron chi connectivity index (χ4n) is 0.195. The van der Waals surface area contributed by atoms with E-state index in [1.807, 2.05) is 0 Å². The summed E-state index contributed by atoms with van der Waals surface area (Å²) in [5.74, 6) is -0.815. The van der Waals surface area contributed by atoms with Crippen LogP contribution in [-0.4, -0.2) is 33.1 Å². The van der Waals surface area contributed by atoms with Crippen LogP contribution in [0.4, 0.5) is 0 Å². The molecule has 88 valence electrons. The number of carboxylic acids is 1. The van der Waals surface area contributed by atoms with Crippen molar-refractivity contribution in [1.82, 2.24) is 0 Å². The minimum atomic E-state index is -1.00. The summed E-state index contributed by atoms with van der Waals surface area (Å²) < 4.78 is 0. The standard InChI is InChI=1S/C4H6O2S2.C3H7NO2S/c1-3(5)7-8-4(2)6;4-2(1-7)3(5)6/h1-2H3;2,7H,1,4H2,(H,5,6). The predicted octanol–water partition coefficient (Wildman–Crippen LogP) is 0.789. The average Bonchev–Trinajstić information content (AvgIpc) is 2.14. The van der Waals surface area contributed by atoms with Gasteiger partial charge in [-0.05, 0) is 21.6 Å². The van der Waals surface area contributed by atoms with Crippen LogP contribution in [0.5, 0.6) is 0 Å². The van der Waals surface area contributed by atoms with Gasteiger partial charge < -0.3 is 10.8 Å². The molecule has 3 N–H and O–H groups in total. The van der Waals surface area contributed by atoms with Gasteiger partial charge in [0.05, 0.1) is 0 Å². The van der Waals surface area contributed by atoms with Gasteiger partial charge in [0.25, 0.3) is 0 Å². The van der Waals surface area contributed by atoms with Crippen molar-refractivity contribution in [3.8, 4) is 0 Å². The Bertz CT molecular complexity index is 220. The van der Waals surface area contributed by atoms with E-state index in [2.05, 4.69) is 12.6 Å². The Hall–Kier alpha value is -0.180. The SMILES string of the molecule is CC(=O)SSC(C)=O.NC(CS)C(=O)O. The molecular formula is C7H13NO4S3. The van der Waals surface area contributed by atoms with Crippen molar-refractivity contribution < 1.29 is 19.5 Å². The molecule has 0 fully saturated rings. The summed E-state index contributed by atoms with van der Waals surface area (Å²) in [7, 11) is 1.94. The summed E-state index contributed by atoms with van der Waals surface area (Å²) in [5.41, 5.74) is 4.94. The first-order valence-corrected chi connectivity index (χ1v) is 6.54. The minimum absolute atomic E-state index is 0.0369. The van der Waals surface area contributed by atoms with Crippen LogP contribution in [0.25, 0.3) is 0 Å². The third kappa shape index (κ3) is 16.5. The van der Waals surface area contributed by atoms with Gasteiger partial charge >= 0.3 is 5.97 Å². The lowest BCUT2D eigenvalue weighted by Gasteiger charge is -1.96. The van der Waals surface area contributed by atoms with E-state index in [9.17, 15) is 14.4 Å². The molecule has 0 saturated heterocycles. The van der Waals surface area contributed by atoms with Crippen LogP contribution >= 0.6 is 34.2 Å². The van der Waals surface area contributed by atoms with E-state index in [-0.39, 0.29) is 16.0 Å². The lowest BCUT2D eigenvalue weighted by atomic mass is 10.4. The van der Waals surface area contributed by atoms with E-state index in [0.717, 1.165) is 21.6 Å². The lowest BCUT2D eigenvalue weighted by Crippen LogP contribution is -2.31. The van der Waals surface area contributed by atoms with Gasteiger partial charge in [0.15, 0.2) is 10.2 Å². The molecule has 1 unspecified atom stereocenters. The van der Waals surface area contributed by atoms with Gasteiger partial charge in [-0.2, -0.15) is 12.6 Å². The van der Waals surface area contributed by atoms with Crippen LogP contribution in [0.2, 0.25) is 0 Å². The Morgan fingerprint density at radius 3 is 1.67 bits per heavy atom. The second-order valence-electron chi connectivity index (χ2n) is 2.28. The highest BCUT2D eigenvalue weighted by Gasteiger charge is 2.06. The maximum atomic E-state index is 10.1. The zero-order valence-corrected chi connectivity index (χ0v) is 10.8. The van der Waals surface area contributed by atoms with Crippen LogP contribution < -0.4 is 5.73 Å². The number of thiol groups is 1. The third-order valence-electron chi connectivity index (χ3n) is 0.790. The van der Waals surface area contributed by atoms with Crippen molar-refractivity contribution in [3.63, 3.8) is 0 Å². The summed E-state index contributed by atoms with van der Waals surface area (Å²) in [6, 6.07) is -0.816. The Labute approximate surface area is 101 Å². The molecule has 0 saturated carbocycles. The van der Waals surface area contributed by atoms with Crippen LogP contribution in [0.1, 0.15) is 13.8 Å². The van der Waals surface area contributed by atoms with Crippen LogP contribution in [0.3, 0.4) is 0 Å². The highest BCUT2D eigenvalue weighted by molar-refractivity contribution is 8.87. The smallest absolute Gasteiger partial charge is 0.321 e. The molecule has 0 amide bonds. The molecule has 0 aromatic rings. The van der Waals surface area contributed by atoms with Crippen molar-refractivity contribution in [1.29, 1.82) is 0 Å². The van der Waals surface area contributed by atoms with Crippen molar-refractivity contribution >= 4 is 50.4 Å². The molecule has 8 heteroatoms. The van der Waals surface area contributed by atoms with Crippen molar-refractivity contribution in [2.45, 2.75) is 19.9 Å². The quantitative estimate of drug-likeness (QED) is 0.504. The van der Waals surface area contributed by atoms with Crippen LogP contribution in [0.15, 0.2) is 0 Å². The minimum Gasteiger partial charge on any atom is -0.480 e. The normalized spacial score (nSPS) is 10.9. The molecule has 15 heavy (non-hydrogen) atoms. The summed E-state index contributed by atoms with van der Waals surface area (Å²) >= 11 is 3.65. The van der Waals surface area contributed by atoms with Gasteiger partial charge in [-0.1, -0.05) is 0 Å². The molecular weight excluding hydrogens is 258 g/mol. The number of aliphatic carboxylic acids is 1. The second kappa shape index (κ2) is 10.3. The molecule has 0 aromatic carbocycles. The maximum absolute atomic E-state index is 10.1. The van der Waals surface area contributed by atoms with E-state index < -0.39 is 12.0 Å². The fourth-order valence-corrected chi connectivity index (χ4v) is 1.29. The molecule has 0 aliphatic rings. The van der Waals surface area contributed by atoms with Gasteiger partial charge in [0.2, 0.25) is 0 Å². The second-order valence-corrected chi connectivity index (χ2v) is 5.13. The molecule has 0 aliphatic heterocycles. The summed E-state index contributed by atoms with van der Waals surface area (Å²) in [6.07, 6.45) is 0. The van der Waals surface area contributed by atoms with E-state index in [1.54, 1.807) is 0 Å². The Morgan fingerprint density at radius 2 is 1.60 bits per heavy atom. The number of rotatable bonds is 2. The number of carbonyl (C=O) groups is 3. The van der Waals surface area contributed by atoms with Gasteiger partial charge in [-0.3, -0.25) is 14.4 Å². The molecule has 0 rings (SSSR count). The first-order chi connectivity index (χ1) is 6.81. The fraction of sp³-hybridized carbons (Fsp3) is 0.571. The first-order valence-electron chi connectivity index (χ1n) is 3.76. The molecule has 0 spiro atoms. The van der Waals surface area contributed by atoms with Gasteiger partial charge in [-0.15, -0.1) is 0 Å². The predicted molar refractivity (Wildman–Crippen MR) is 66.0 cm³/mol. The largest absolute Gasteiger partial charge is 0.480 e. The Balaban J connectivity index is 0. The van der Waals surface area contributed by atoms with Crippen molar-refractivity contribution in [2.24, 2.45) is 5.73 Å².